The molecular formula is C13H7BrClNO2S. The summed E-state index contributed by atoms with van der Waals surface area (Å²) in [6.07, 6.45) is 0. The minimum Gasteiger partial charge on any atom is -0.298 e. The molecule has 2 heterocycles. The summed E-state index contributed by atoms with van der Waals surface area (Å²) < 4.78 is 0.963. The Balaban J connectivity index is 2.04. The van der Waals surface area contributed by atoms with E-state index >= 15 is 0 Å². The summed E-state index contributed by atoms with van der Waals surface area (Å²) in [4.78, 5) is 26.4. The molecule has 1 amide bonds. The fourth-order valence-electron chi connectivity index (χ4n) is 2.06. The van der Waals surface area contributed by atoms with E-state index in [4.69, 9.17) is 11.6 Å². The van der Waals surface area contributed by atoms with Crippen LogP contribution in [0.25, 0.3) is 0 Å². The van der Waals surface area contributed by atoms with Crippen molar-refractivity contribution in [3.8, 4) is 0 Å². The highest BCUT2D eigenvalue weighted by atomic mass is 79.9. The maximum Gasteiger partial charge on any atom is 0.299 e. The molecule has 1 aliphatic heterocycles. The zero-order valence-corrected chi connectivity index (χ0v) is 12.7. The van der Waals surface area contributed by atoms with E-state index in [9.17, 15) is 9.59 Å². The van der Waals surface area contributed by atoms with Crippen molar-refractivity contribution in [2.75, 3.05) is 4.90 Å². The summed E-state index contributed by atoms with van der Waals surface area (Å²) in [6, 6.07) is 6.92. The molecule has 0 saturated heterocycles. The molecule has 0 saturated carbocycles. The Morgan fingerprint density at radius 1 is 1.32 bits per heavy atom. The summed E-state index contributed by atoms with van der Waals surface area (Å²) in [5, 5.41) is 2.36. The van der Waals surface area contributed by atoms with Crippen LogP contribution in [-0.4, -0.2) is 11.7 Å². The van der Waals surface area contributed by atoms with Crippen molar-refractivity contribution in [3.63, 3.8) is 0 Å². The van der Waals surface area contributed by atoms with Gasteiger partial charge in [0.25, 0.3) is 11.7 Å². The third-order valence-corrected chi connectivity index (χ3v) is 4.86. The average Bonchev–Trinajstić information content (AvgIpc) is 2.89. The predicted molar refractivity (Wildman–Crippen MR) is 79.0 cm³/mol. The van der Waals surface area contributed by atoms with Gasteiger partial charge in [0.2, 0.25) is 0 Å². The second-order valence-electron chi connectivity index (χ2n) is 4.09. The molecule has 6 heteroatoms. The lowest BCUT2D eigenvalue weighted by molar-refractivity contribution is -0.114. The van der Waals surface area contributed by atoms with Crippen molar-refractivity contribution in [1.29, 1.82) is 0 Å². The molecule has 1 aliphatic rings. The van der Waals surface area contributed by atoms with E-state index in [2.05, 4.69) is 15.9 Å². The summed E-state index contributed by atoms with van der Waals surface area (Å²) in [6.45, 7) is 0.359. The normalized spacial score (nSPS) is 14.1. The van der Waals surface area contributed by atoms with E-state index < -0.39 is 11.7 Å². The molecule has 1 aromatic heterocycles. The van der Waals surface area contributed by atoms with Crippen LogP contribution in [0.5, 0.6) is 0 Å². The largest absolute Gasteiger partial charge is 0.299 e. The van der Waals surface area contributed by atoms with Gasteiger partial charge in [-0.15, -0.1) is 11.3 Å². The quantitative estimate of drug-likeness (QED) is 0.766. The van der Waals surface area contributed by atoms with Crippen LogP contribution in [0.1, 0.15) is 15.2 Å². The first-order valence-corrected chi connectivity index (χ1v) is 7.50. The highest BCUT2D eigenvalue weighted by Gasteiger charge is 2.37. The molecule has 1 aromatic carbocycles. The van der Waals surface area contributed by atoms with Crippen molar-refractivity contribution < 1.29 is 9.59 Å². The van der Waals surface area contributed by atoms with E-state index in [-0.39, 0.29) is 0 Å². The van der Waals surface area contributed by atoms with Crippen molar-refractivity contribution in [3.05, 3.63) is 49.6 Å². The first-order chi connectivity index (χ1) is 9.08. The maximum absolute atomic E-state index is 12.0. The Hall–Kier alpha value is -1.17. The van der Waals surface area contributed by atoms with Crippen molar-refractivity contribution >= 4 is 56.2 Å². The van der Waals surface area contributed by atoms with Gasteiger partial charge in [-0.05, 0) is 34.1 Å². The molecule has 0 atom stereocenters. The lowest BCUT2D eigenvalue weighted by Crippen LogP contribution is -2.28. The summed E-state index contributed by atoms with van der Waals surface area (Å²) >= 11 is 11.0. The highest BCUT2D eigenvalue weighted by Crippen LogP contribution is 2.37. The molecule has 19 heavy (non-hydrogen) atoms. The number of fused-ring (bicyclic) bond motifs is 1. The second-order valence-corrected chi connectivity index (χ2v) is 6.41. The smallest absolute Gasteiger partial charge is 0.298 e. The van der Waals surface area contributed by atoms with E-state index in [1.165, 1.54) is 16.2 Å². The number of nitrogens with zero attached hydrogens (tertiary/aromatic N) is 1. The van der Waals surface area contributed by atoms with Crippen LogP contribution in [0.3, 0.4) is 0 Å². The van der Waals surface area contributed by atoms with Crippen LogP contribution < -0.4 is 4.90 Å². The number of halogens is 2. The van der Waals surface area contributed by atoms with Crippen LogP contribution in [0, 0.1) is 0 Å². The first-order valence-electron chi connectivity index (χ1n) is 5.45. The van der Waals surface area contributed by atoms with Gasteiger partial charge in [-0.3, -0.25) is 14.5 Å². The Morgan fingerprint density at radius 3 is 2.79 bits per heavy atom. The molecule has 0 spiro atoms. The number of carbonyl (C=O) groups excluding carboxylic acids is 2. The number of para-hydroxylation sites is 1. The fraction of sp³-hybridized carbons (Fsp3) is 0.0769. The van der Waals surface area contributed by atoms with Crippen molar-refractivity contribution in [1.82, 2.24) is 0 Å². The van der Waals surface area contributed by atoms with E-state index in [1.807, 2.05) is 11.4 Å². The third kappa shape index (κ3) is 2.12. The maximum atomic E-state index is 12.0. The number of anilines is 1. The Kier molecular flexibility index (Phi) is 3.20. The van der Waals surface area contributed by atoms with Gasteiger partial charge in [0.1, 0.15) is 0 Å². The number of Topliss-reactive ketones (excluding diaryl/α,β-unsaturated/α-hetero) is 1. The molecule has 0 unspecified atom stereocenters. The Labute approximate surface area is 126 Å². The fourth-order valence-corrected chi connectivity index (χ4v) is 3.77. The van der Waals surface area contributed by atoms with Gasteiger partial charge in [0.15, 0.2) is 0 Å². The van der Waals surface area contributed by atoms with Gasteiger partial charge in [-0.1, -0.05) is 17.7 Å². The number of ketones is 1. The lowest BCUT2D eigenvalue weighted by Gasteiger charge is -2.16. The number of hydrogen-bond acceptors (Lipinski definition) is 3. The Bertz CT molecular complexity index is 698. The monoisotopic (exact) mass is 355 g/mol. The SMILES string of the molecule is O=C1C(=O)N(Cc2cc(Br)cs2)c2c(Cl)cccc21. The minimum atomic E-state index is -0.521. The molecule has 0 radical (unpaired) electrons. The van der Waals surface area contributed by atoms with Gasteiger partial charge < -0.3 is 0 Å². The number of amides is 1. The van der Waals surface area contributed by atoms with Gasteiger partial charge in [0, 0.05) is 14.7 Å². The molecule has 0 aliphatic carbocycles. The first kappa shape index (κ1) is 12.8. The highest BCUT2D eigenvalue weighted by molar-refractivity contribution is 9.10. The molecule has 0 bridgehead atoms. The molecule has 2 aromatic rings. The summed E-state index contributed by atoms with van der Waals surface area (Å²) in [5.74, 6) is -1.01. The molecule has 0 fully saturated rings. The van der Waals surface area contributed by atoms with Crippen molar-refractivity contribution in [2.24, 2.45) is 0 Å². The number of benzene rings is 1. The summed E-state index contributed by atoms with van der Waals surface area (Å²) in [5.41, 5.74) is 0.900. The van der Waals surface area contributed by atoms with Crippen LogP contribution >= 0.6 is 38.9 Å². The average molecular weight is 357 g/mol. The molecule has 96 valence electrons. The molecule has 3 nitrogen and oxygen atoms in total. The number of carbonyl (C=O) groups is 2. The number of hydrogen-bond donors (Lipinski definition) is 0. The predicted octanol–water partition coefficient (Wildman–Crippen LogP) is 3.89. The zero-order chi connectivity index (χ0) is 13.6. The summed E-state index contributed by atoms with van der Waals surface area (Å²) in [7, 11) is 0. The van der Waals surface area contributed by atoms with Crippen LogP contribution in [0.2, 0.25) is 5.02 Å². The lowest BCUT2D eigenvalue weighted by atomic mass is 10.1. The topological polar surface area (TPSA) is 37.4 Å². The molecule has 3 rings (SSSR count). The Morgan fingerprint density at radius 2 is 2.11 bits per heavy atom. The third-order valence-electron chi connectivity index (χ3n) is 2.88. The van der Waals surface area contributed by atoms with E-state index in [0.29, 0.717) is 22.8 Å². The van der Waals surface area contributed by atoms with Gasteiger partial charge in [-0.2, -0.15) is 0 Å². The van der Waals surface area contributed by atoms with Gasteiger partial charge in [0.05, 0.1) is 22.8 Å². The molecule has 0 N–H and O–H groups in total. The minimum absolute atomic E-state index is 0.359. The second kappa shape index (κ2) is 4.74. The molecular weight excluding hydrogens is 350 g/mol. The van der Waals surface area contributed by atoms with E-state index in [1.54, 1.807) is 18.2 Å². The van der Waals surface area contributed by atoms with Crippen LogP contribution in [0.4, 0.5) is 5.69 Å². The van der Waals surface area contributed by atoms with Gasteiger partial charge in [-0.25, -0.2) is 0 Å². The van der Waals surface area contributed by atoms with Crippen LogP contribution in [-0.2, 0) is 11.3 Å². The zero-order valence-electron chi connectivity index (χ0n) is 9.52. The standard InChI is InChI=1S/C13H7BrClNO2S/c14-7-4-8(19-6-7)5-16-11-9(12(17)13(16)18)2-1-3-10(11)15/h1-4,6H,5H2. The van der Waals surface area contributed by atoms with Gasteiger partial charge >= 0.3 is 0 Å². The van der Waals surface area contributed by atoms with Crippen LogP contribution in [0.15, 0.2) is 34.1 Å². The number of rotatable bonds is 2. The van der Waals surface area contributed by atoms with Crippen molar-refractivity contribution in [2.45, 2.75) is 6.54 Å². The number of thiophene rings is 1. The van der Waals surface area contributed by atoms with E-state index in [0.717, 1.165) is 9.35 Å².